The second-order valence-corrected chi connectivity index (χ2v) is 10.2. The van der Waals surface area contributed by atoms with Gasteiger partial charge < -0.3 is 10.2 Å². The Morgan fingerprint density at radius 3 is 2.62 bits per heavy atom. The van der Waals surface area contributed by atoms with E-state index in [9.17, 15) is 9.59 Å². The van der Waals surface area contributed by atoms with Crippen LogP contribution in [0.3, 0.4) is 0 Å². The summed E-state index contributed by atoms with van der Waals surface area (Å²) in [7, 11) is 0. The Hall–Kier alpha value is -2.44. The molecule has 7 heteroatoms. The quantitative estimate of drug-likeness (QED) is 0.748. The third kappa shape index (κ3) is 4.02. The third-order valence-corrected chi connectivity index (χ3v) is 7.81. The molecule has 1 N–H and O–H groups in total. The van der Waals surface area contributed by atoms with Crippen LogP contribution < -0.4 is 5.32 Å². The minimum Gasteiger partial charge on any atom is -0.353 e. The highest BCUT2D eigenvalue weighted by Crippen LogP contribution is 2.43. The van der Waals surface area contributed by atoms with Crippen molar-refractivity contribution >= 4 is 17.5 Å². The van der Waals surface area contributed by atoms with Gasteiger partial charge >= 0.3 is 0 Å². The maximum Gasteiger partial charge on any atom is 0.226 e. The molecule has 2 aliphatic carbocycles. The molecule has 0 aromatic carbocycles. The molecule has 3 aliphatic rings. The van der Waals surface area contributed by atoms with Crippen molar-refractivity contribution in [3.8, 4) is 0 Å². The Balaban J connectivity index is 1.33. The number of rotatable bonds is 6. The van der Waals surface area contributed by atoms with Gasteiger partial charge in [0.05, 0.1) is 11.7 Å². The number of carbonyl (C=O) groups is 2. The van der Waals surface area contributed by atoms with Crippen LogP contribution in [-0.4, -0.2) is 43.9 Å². The highest BCUT2D eigenvalue weighted by atomic mass is 16.2. The summed E-state index contributed by atoms with van der Waals surface area (Å²) in [6.45, 7) is 7.06. The molecule has 0 unspecified atom stereocenters. The molecule has 3 atom stereocenters. The second kappa shape index (κ2) is 8.49. The van der Waals surface area contributed by atoms with E-state index in [1.54, 1.807) is 0 Å². The smallest absolute Gasteiger partial charge is 0.226 e. The van der Waals surface area contributed by atoms with E-state index >= 15 is 0 Å². The van der Waals surface area contributed by atoms with Crippen molar-refractivity contribution in [3.63, 3.8) is 0 Å². The van der Waals surface area contributed by atoms with Crippen LogP contribution in [0.2, 0.25) is 0 Å². The Morgan fingerprint density at radius 2 is 1.91 bits per heavy atom. The predicted octanol–water partition coefficient (Wildman–Crippen LogP) is 3.66. The monoisotopic (exact) mass is 437 g/mol. The van der Waals surface area contributed by atoms with E-state index in [1.165, 1.54) is 12.8 Å². The van der Waals surface area contributed by atoms with Gasteiger partial charge in [0.15, 0.2) is 5.65 Å². The van der Waals surface area contributed by atoms with E-state index in [-0.39, 0.29) is 17.9 Å². The van der Waals surface area contributed by atoms with Crippen LogP contribution in [0.25, 0.3) is 5.65 Å². The van der Waals surface area contributed by atoms with E-state index in [0.717, 1.165) is 66.9 Å². The summed E-state index contributed by atoms with van der Waals surface area (Å²) >= 11 is 0. The summed E-state index contributed by atoms with van der Waals surface area (Å²) in [6.07, 6.45) is 8.80. The predicted molar refractivity (Wildman–Crippen MR) is 122 cm³/mol. The summed E-state index contributed by atoms with van der Waals surface area (Å²) in [4.78, 5) is 32.2. The van der Waals surface area contributed by atoms with Crippen molar-refractivity contribution < 1.29 is 9.59 Å². The lowest BCUT2D eigenvalue weighted by Crippen LogP contribution is -2.32. The van der Waals surface area contributed by atoms with Gasteiger partial charge in [-0.05, 0) is 63.9 Å². The molecule has 5 rings (SSSR count). The number of aryl methyl sites for hydroxylation is 2. The first-order valence-corrected chi connectivity index (χ1v) is 12.4. The molecule has 2 saturated carbocycles. The topological polar surface area (TPSA) is 79.6 Å². The molecule has 2 aromatic heterocycles. The first-order chi connectivity index (χ1) is 15.4. The lowest BCUT2D eigenvalue weighted by Gasteiger charge is -2.23. The van der Waals surface area contributed by atoms with Crippen LogP contribution in [-0.2, 0) is 16.0 Å². The minimum atomic E-state index is 0.0531. The van der Waals surface area contributed by atoms with Crippen molar-refractivity contribution in [2.45, 2.75) is 90.6 Å². The molecule has 2 aromatic rings. The van der Waals surface area contributed by atoms with Crippen molar-refractivity contribution in [1.29, 1.82) is 0 Å². The van der Waals surface area contributed by atoms with E-state index in [0.29, 0.717) is 30.7 Å². The van der Waals surface area contributed by atoms with Gasteiger partial charge in [-0.3, -0.25) is 9.59 Å². The second-order valence-electron chi connectivity index (χ2n) is 10.2. The number of likely N-dealkylation sites (tertiary alicyclic amines) is 1. The fourth-order valence-corrected chi connectivity index (χ4v) is 5.69. The minimum absolute atomic E-state index is 0.0531. The summed E-state index contributed by atoms with van der Waals surface area (Å²) in [5.41, 5.74) is 4.86. The highest BCUT2D eigenvalue weighted by molar-refractivity contribution is 5.82. The normalized spacial score (nSPS) is 25.6. The average Bonchev–Trinajstić information content (AvgIpc) is 3.22. The molecule has 3 fully saturated rings. The van der Waals surface area contributed by atoms with E-state index in [1.807, 2.05) is 22.4 Å². The number of hydrogen-bond acceptors (Lipinski definition) is 4. The van der Waals surface area contributed by atoms with Crippen molar-refractivity contribution in [3.05, 3.63) is 28.7 Å². The van der Waals surface area contributed by atoms with E-state index < -0.39 is 0 Å². The molecule has 1 saturated heterocycles. The fourth-order valence-electron chi connectivity index (χ4n) is 5.69. The van der Waals surface area contributed by atoms with Gasteiger partial charge in [0.2, 0.25) is 11.8 Å². The van der Waals surface area contributed by atoms with Gasteiger partial charge in [0.25, 0.3) is 0 Å². The van der Waals surface area contributed by atoms with Gasteiger partial charge in [-0.25, -0.2) is 9.50 Å². The van der Waals surface area contributed by atoms with E-state index in [4.69, 9.17) is 10.1 Å². The van der Waals surface area contributed by atoms with Crippen LogP contribution in [0, 0.1) is 25.7 Å². The number of carbonyl (C=O) groups excluding carboxylic acids is 2. The molecule has 2 amide bonds. The number of aromatic nitrogens is 3. The van der Waals surface area contributed by atoms with Crippen LogP contribution in [0.4, 0.5) is 0 Å². The number of hydrogen-bond donors (Lipinski definition) is 1. The SMILES string of the molecule is Cc1nc2cc([C@@H]3CCCN3C(=O)[C@@H]3C[C@@H]3C)nn2c(C)c1CCC(=O)NC1CCCC1. The lowest BCUT2D eigenvalue weighted by atomic mass is 10.1. The van der Waals surface area contributed by atoms with Crippen LogP contribution in [0.15, 0.2) is 6.07 Å². The molecule has 0 bridgehead atoms. The van der Waals surface area contributed by atoms with Crippen LogP contribution in [0.5, 0.6) is 0 Å². The molecule has 1 aliphatic heterocycles. The maximum atomic E-state index is 12.9. The van der Waals surface area contributed by atoms with E-state index in [2.05, 4.69) is 19.2 Å². The fraction of sp³-hybridized carbons (Fsp3) is 0.680. The zero-order valence-electron chi connectivity index (χ0n) is 19.6. The standard InChI is InChI=1S/C25H35N5O2/c1-15-13-20(15)25(32)29-12-6-9-22(29)21-14-23-26-16(2)19(17(3)30(23)28-21)10-11-24(31)27-18-7-4-5-8-18/h14-15,18,20,22H,4-13H2,1-3H3,(H,27,31)/t15-,20+,22-/m0/s1. The lowest BCUT2D eigenvalue weighted by molar-refractivity contribution is -0.133. The summed E-state index contributed by atoms with van der Waals surface area (Å²) in [5, 5.41) is 8.08. The van der Waals surface area contributed by atoms with Gasteiger partial charge in [-0.1, -0.05) is 19.8 Å². The van der Waals surface area contributed by atoms with Crippen LogP contribution >= 0.6 is 0 Å². The van der Waals surface area contributed by atoms with Crippen molar-refractivity contribution in [2.24, 2.45) is 11.8 Å². The number of nitrogens with zero attached hydrogens (tertiary/aromatic N) is 4. The zero-order chi connectivity index (χ0) is 22.4. The molecule has 0 spiro atoms. The molecule has 7 nitrogen and oxygen atoms in total. The largest absolute Gasteiger partial charge is 0.353 e. The molecule has 0 radical (unpaired) electrons. The Bertz CT molecular complexity index is 1040. The van der Waals surface area contributed by atoms with Gasteiger partial charge in [0, 0.05) is 42.4 Å². The molecule has 172 valence electrons. The highest BCUT2D eigenvalue weighted by Gasteiger charge is 2.44. The van der Waals surface area contributed by atoms with Crippen molar-refractivity contribution in [1.82, 2.24) is 24.8 Å². The summed E-state index contributed by atoms with van der Waals surface area (Å²) in [6, 6.07) is 2.45. The Labute approximate surface area is 190 Å². The number of fused-ring (bicyclic) bond motifs is 1. The first kappa shape index (κ1) is 21.4. The molecule has 3 heterocycles. The first-order valence-electron chi connectivity index (χ1n) is 12.4. The molecular weight excluding hydrogens is 402 g/mol. The summed E-state index contributed by atoms with van der Waals surface area (Å²) in [5.74, 6) is 1.15. The Morgan fingerprint density at radius 1 is 1.16 bits per heavy atom. The molecule has 32 heavy (non-hydrogen) atoms. The van der Waals surface area contributed by atoms with Gasteiger partial charge in [-0.15, -0.1) is 0 Å². The van der Waals surface area contributed by atoms with Gasteiger partial charge in [0.1, 0.15) is 0 Å². The number of amides is 2. The Kier molecular flexibility index (Phi) is 5.68. The van der Waals surface area contributed by atoms with Crippen molar-refractivity contribution in [2.75, 3.05) is 6.54 Å². The summed E-state index contributed by atoms with van der Waals surface area (Å²) < 4.78 is 1.91. The average molecular weight is 438 g/mol. The molecular formula is C25H35N5O2. The third-order valence-electron chi connectivity index (χ3n) is 7.81. The number of nitrogens with one attached hydrogen (secondary N) is 1. The zero-order valence-corrected chi connectivity index (χ0v) is 19.6. The van der Waals surface area contributed by atoms with Gasteiger partial charge in [-0.2, -0.15) is 5.10 Å². The maximum absolute atomic E-state index is 12.9. The van der Waals surface area contributed by atoms with Crippen LogP contribution in [0.1, 0.15) is 87.0 Å².